The van der Waals surface area contributed by atoms with Crippen LogP contribution in [0, 0.1) is 13.8 Å². The number of hydrogen-bond donors (Lipinski definition) is 1. The van der Waals surface area contributed by atoms with Crippen molar-refractivity contribution in [2.75, 3.05) is 12.0 Å². The molecule has 0 unspecified atom stereocenters. The molecule has 4 rings (SSSR count). The number of halogens is 1. The largest absolute Gasteiger partial charge is 0.497 e. The first-order valence-corrected chi connectivity index (χ1v) is 11.6. The van der Waals surface area contributed by atoms with E-state index in [0.717, 1.165) is 26.1 Å². The number of carbonyl (C=O) groups excluding carboxylic acids is 3. The van der Waals surface area contributed by atoms with Gasteiger partial charge in [-0.1, -0.05) is 45.8 Å². The lowest BCUT2D eigenvalue weighted by atomic mass is 10.0. The molecule has 0 atom stereocenters. The van der Waals surface area contributed by atoms with Gasteiger partial charge in [0.25, 0.3) is 11.8 Å². The number of imide groups is 2. The summed E-state index contributed by atoms with van der Waals surface area (Å²) in [6.45, 7) is 3.99. The van der Waals surface area contributed by atoms with E-state index in [0.29, 0.717) is 22.7 Å². The summed E-state index contributed by atoms with van der Waals surface area (Å²) in [6.07, 6.45) is 1.43. The number of rotatable bonds is 6. The van der Waals surface area contributed by atoms with Gasteiger partial charge in [0, 0.05) is 16.1 Å². The van der Waals surface area contributed by atoms with Gasteiger partial charge in [-0.2, -0.15) is 0 Å². The molecule has 1 aliphatic heterocycles. The summed E-state index contributed by atoms with van der Waals surface area (Å²) >= 11 is 3.41. The molecule has 1 saturated heterocycles. The van der Waals surface area contributed by atoms with Gasteiger partial charge < -0.3 is 9.47 Å². The molecule has 4 amide bonds. The lowest BCUT2D eigenvalue weighted by Crippen LogP contribution is -2.54. The molecule has 35 heavy (non-hydrogen) atoms. The minimum atomic E-state index is -0.787. The predicted octanol–water partition coefficient (Wildman–Crippen LogP) is 5.32. The highest BCUT2D eigenvalue weighted by Crippen LogP contribution is 2.30. The van der Waals surface area contributed by atoms with Crippen molar-refractivity contribution in [3.63, 3.8) is 0 Å². The first-order chi connectivity index (χ1) is 16.8. The highest BCUT2D eigenvalue weighted by atomic mass is 79.9. The Balaban J connectivity index is 1.69. The van der Waals surface area contributed by atoms with Crippen LogP contribution in [0.4, 0.5) is 10.5 Å². The number of ether oxygens (including phenoxy) is 2. The fourth-order valence-electron chi connectivity index (χ4n) is 3.72. The molecule has 0 bridgehead atoms. The van der Waals surface area contributed by atoms with Gasteiger partial charge >= 0.3 is 6.03 Å². The number of methoxy groups -OCH3 is 1. The number of benzene rings is 3. The van der Waals surface area contributed by atoms with E-state index < -0.39 is 17.8 Å². The smallest absolute Gasteiger partial charge is 0.335 e. The van der Waals surface area contributed by atoms with Crippen LogP contribution in [0.1, 0.15) is 22.3 Å². The summed E-state index contributed by atoms with van der Waals surface area (Å²) in [5, 5.41) is 2.26. The number of anilines is 1. The molecule has 3 aromatic rings. The number of carbonyl (C=O) groups is 3. The second-order valence-electron chi connectivity index (χ2n) is 8.07. The van der Waals surface area contributed by atoms with E-state index in [1.54, 1.807) is 37.3 Å². The second-order valence-corrected chi connectivity index (χ2v) is 8.98. The number of urea groups is 1. The molecule has 178 valence electrons. The van der Waals surface area contributed by atoms with Gasteiger partial charge in [-0.3, -0.25) is 14.9 Å². The monoisotopic (exact) mass is 534 g/mol. The van der Waals surface area contributed by atoms with Crippen molar-refractivity contribution in [1.82, 2.24) is 5.32 Å². The zero-order chi connectivity index (χ0) is 25.1. The highest BCUT2D eigenvalue weighted by Gasteiger charge is 2.37. The average molecular weight is 535 g/mol. The van der Waals surface area contributed by atoms with E-state index in [1.165, 1.54) is 13.2 Å². The summed E-state index contributed by atoms with van der Waals surface area (Å²) in [4.78, 5) is 39.6. The van der Waals surface area contributed by atoms with Gasteiger partial charge in [0.2, 0.25) is 0 Å². The van der Waals surface area contributed by atoms with Gasteiger partial charge in [0.1, 0.15) is 23.7 Å². The van der Waals surface area contributed by atoms with E-state index in [-0.39, 0.29) is 12.2 Å². The predicted molar refractivity (Wildman–Crippen MR) is 136 cm³/mol. The third-order valence-corrected chi connectivity index (χ3v) is 6.05. The van der Waals surface area contributed by atoms with Crippen LogP contribution in [0.2, 0.25) is 0 Å². The van der Waals surface area contributed by atoms with Gasteiger partial charge in [-0.15, -0.1) is 0 Å². The molecule has 3 aromatic carbocycles. The Labute approximate surface area is 211 Å². The topological polar surface area (TPSA) is 84.9 Å². The summed E-state index contributed by atoms with van der Waals surface area (Å²) in [5.74, 6) is -0.490. The van der Waals surface area contributed by atoms with E-state index >= 15 is 0 Å². The molecular weight excluding hydrogens is 512 g/mol. The maximum atomic E-state index is 13.3. The van der Waals surface area contributed by atoms with E-state index in [4.69, 9.17) is 9.47 Å². The summed E-state index contributed by atoms with van der Waals surface area (Å²) in [5.41, 5.74) is 3.41. The summed E-state index contributed by atoms with van der Waals surface area (Å²) in [6, 6.07) is 17.3. The lowest BCUT2D eigenvalue weighted by Gasteiger charge is -2.27. The Hall–Kier alpha value is -3.91. The molecule has 1 N–H and O–H groups in total. The Morgan fingerprint density at radius 2 is 1.71 bits per heavy atom. The van der Waals surface area contributed by atoms with Crippen LogP contribution in [-0.4, -0.2) is 25.0 Å². The molecule has 7 nitrogen and oxygen atoms in total. The minimum absolute atomic E-state index is 0.178. The molecule has 1 heterocycles. The average Bonchev–Trinajstić information content (AvgIpc) is 2.83. The van der Waals surface area contributed by atoms with Crippen molar-refractivity contribution in [2.24, 2.45) is 0 Å². The first-order valence-electron chi connectivity index (χ1n) is 10.8. The van der Waals surface area contributed by atoms with Gasteiger partial charge in [0.15, 0.2) is 0 Å². The minimum Gasteiger partial charge on any atom is -0.497 e. The Bertz CT molecular complexity index is 1350. The second kappa shape index (κ2) is 10.1. The van der Waals surface area contributed by atoms with E-state index in [2.05, 4.69) is 21.2 Å². The summed E-state index contributed by atoms with van der Waals surface area (Å²) in [7, 11) is 1.54. The van der Waals surface area contributed by atoms with Crippen molar-refractivity contribution >= 4 is 45.5 Å². The number of nitrogens with zero attached hydrogens (tertiary/aromatic N) is 1. The molecule has 8 heteroatoms. The van der Waals surface area contributed by atoms with Crippen molar-refractivity contribution in [2.45, 2.75) is 20.5 Å². The van der Waals surface area contributed by atoms with Crippen LogP contribution in [0.25, 0.3) is 6.08 Å². The Morgan fingerprint density at radius 1 is 0.971 bits per heavy atom. The number of aryl methyl sites for hydroxylation is 2. The molecule has 1 fully saturated rings. The van der Waals surface area contributed by atoms with Crippen LogP contribution in [-0.2, 0) is 16.2 Å². The SMILES string of the molecule is COc1ccc(/C=C2\C(=O)NC(=O)N(c3ccc(C)cc3C)C2=O)c(OCc2ccc(Br)cc2)c1. The lowest BCUT2D eigenvalue weighted by molar-refractivity contribution is -0.122. The fourth-order valence-corrected chi connectivity index (χ4v) is 3.98. The fraction of sp³-hybridized carbons (Fsp3) is 0.148. The van der Waals surface area contributed by atoms with Crippen molar-refractivity contribution in [3.05, 3.63) is 93.0 Å². The quantitative estimate of drug-likeness (QED) is 0.341. The Morgan fingerprint density at radius 3 is 2.40 bits per heavy atom. The molecular formula is C27H23BrN2O5. The number of barbiturate groups is 1. The van der Waals surface area contributed by atoms with Gasteiger partial charge in [0.05, 0.1) is 12.8 Å². The molecule has 0 aliphatic carbocycles. The Kier molecular flexibility index (Phi) is 7.02. The molecule has 0 saturated carbocycles. The van der Waals surface area contributed by atoms with Crippen molar-refractivity contribution < 1.29 is 23.9 Å². The van der Waals surface area contributed by atoms with Crippen LogP contribution in [0.15, 0.2) is 70.7 Å². The van der Waals surface area contributed by atoms with Gasteiger partial charge in [-0.05, 0) is 61.4 Å². The first kappa shape index (κ1) is 24.2. The third-order valence-electron chi connectivity index (χ3n) is 5.52. The van der Waals surface area contributed by atoms with E-state index in [9.17, 15) is 14.4 Å². The third kappa shape index (κ3) is 5.27. The molecule has 0 spiro atoms. The zero-order valence-electron chi connectivity index (χ0n) is 19.4. The van der Waals surface area contributed by atoms with Crippen molar-refractivity contribution in [1.29, 1.82) is 0 Å². The number of amides is 4. The van der Waals surface area contributed by atoms with Gasteiger partial charge in [-0.25, -0.2) is 9.69 Å². The van der Waals surface area contributed by atoms with Crippen LogP contribution in [0.5, 0.6) is 11.5 Å². The molecule has 1 aliphatic rings. The van der Waals surface area contributed by atoms with Crippen molar-refractivity contribution in [3.8, 4) is 11.5 Å². The normalized spacial score (nSPS) is 14.8. The van der Waals surface area contributed by atoms with Crippen LogP contribution >= 0.6 is 15.9 Å². The van der Waals surface area contributed by atoms with Crippen LogP contribution < -0.4 is 19.7 Å². The standard InChI is InChI=1S/C27H23BrN2O5/c1-16-4-11-23(17(2)12-16)30-26(32)22(25(31)29-27(30)33)13-19-7-10-21(34-3)14-24(19)35-15-18-5-8-20(28)9-6-18/h4-14H,15H2,1-3H3,(H,29,31,33)/b22-13+. The molecule has 0 aromatic heterocycles. The van der Waals surface area contributed by atoms with E-state index in [1.807, 2.05) is 37.3 Å². The number of nitrogens with one attached hydrogen (secondary N) is 1. The maximum Gasteiger partial charge on any atom is 0.335 e. The molecule has 0 radical (unpaired) electrons. The summed E-state index contributed by atoms with van der Waals surface area (Å²) < 4.78 is 12.3. The maximum absolute atomic E-state index is 13.3. The number of hydrogen-bond acceptors (Lipinski definition) is 5. The highest BCUT2D eigenvalue weighted by molar-refractivity contribution is 9.10. The zero-order valence-corrected chi connectivity index (χ0v) is 21.0. The van der Waals surface area contributed by atoms with Crippen LogP contribution in [0.3, 0.4) is 0 Å².